The number of hydrogen-bond donors (Lipinski definition) is 2. The zero-order valence-corrected chi connectivity index (χ0v) is 9.43. The summed E-state index contributed by atoms with van der Waals surface area (Å²) in [6, 6.07) is 0. The zero-order valence-electron chi connectivity index (χ0n) is 9.43. The first kappa shape index (κ1) is 14.0. The van der Waals surface area contributed by atoms with Gasteiger partial charge in [0, 0.05) is 19.4 Å². The smallest absolute Gasteiger partial charge is 0.219 e. The van der Waals surface area contributed by atoms with E-state index in [9.17, 15) is 4.79 Å². The number of rotatable bonds is 9. The van der Waals surface area contributed by atoms with Crippen LogP contribution in [-0.2, 0) is 4.79 Å². The van der Waals surface area contributed by atoms with E-state index in [4.69, 9.17) is 12.2 Å². The lowest BCUT2D eigenvalue weighted by Crippen LogP contribution is -2.23. The molecule has 0 saturated heterocycles. The largest absolute Gasteiger partial charge is 0.356 e. The van der Waals surface area contributed by atoms with Crippen LogP contribution in [0.3, 0.4) is 0 Å². The highest BCUT2D eigenvalue weighted by atomic mass is 16.1. The fourth-order valence-corrected chi connectivity index (χ4v) is 1.29. The number of unbranched alkanes of at least 4 members (excludes halogenated alkanes) is 4. The van der Waals surface area contributed by atoms with Crippen LogP contribution in [0.5, 0.6) is 0 Å². The minimum atomic E-state index is 0.139. The van der Waals surface area contributed by atoms with Gasteiger partial charge in [-0.05, 0) is 25.8 Å². The van der Waals surface area contributed by atoms with Gasteiger partial charge in [-0.3, -0.25) is 4.79 Å². The quantitative estimate of drug-likeness (QED) is 0.447. The van der Waals surface area contributed by atoms with Gasteiger partial charge in [0.25, 0.3) is 0 Å². The molecule has 0 heterocycles. The molecule has 0 spiro atoms. The van der Waals surface area contributed by atoms with Crippen molar-refractivity contribution < 1.29 is 4.79 Å². The Bertz CT molecular complexity index is 196. The first-order valence-electron chi connectivity index (χ1n) is 5.71. The van der Waals surface area contributed by atoms with Gasteiger partial charge in [-0.25, -0.2) is 0 Å². The number of carbonyl (C=O) groups is 1. The fraction of sp³-hybridized carbons (Fsp3) is 0.750. The second-order valence-corrected chi connectivity index (χ2v) is 3.61. The third-order valence-electron chi connectivity index (χ3n) is 2.18. The molecule has 0 aliphatic rings. The normalized spacial score (nSPS) is 9.60. The summed E-state index contributed by atoms with van der Waals surface area (Å²) in [6.45, 7) is 1.45. The monoisotopic (exact) mass is 210 g/mol. The van der Waals surface area contributed by atoms with Crippen LogP contribution in [0, 0.1) is 12.3 Å². The Morgan fingerprint density at radius 3 is 2.60 bits per heavy atom. The third kappa shape index (κ3) is 10.9. The number of amides is 1. The second-order valence-electron chi connectivity index (χ2n) is 3.61. The highest BCUT2D eigenvalue weighted by Crippen LogP contribution is 2.01. The molecular formula is C12H22N2O. The lowest BCUT2D eigenvalue weighted by molar-refractivity contribution is -0.121. The molecule has 0 aromatic carbocycles. The second kappa shape index (κ2) is 11.1. The summed E-state index contributed by atoms with van der Waals surface area (Å²) in [5.41, 5.74) is 5.37. The van der Waals surface area contributed by atoms with Crippen molar-refractivity contribution in [3.63, 3.8) is 0 Å². The van der Waals surface area contributed by atoms with Crippen LogP contribution < -0.4 is 11.1 Å². The van der Waals surface area contributed by atoms with Gasteiger partial charge in [0.1, 0.15) is 0 Å². The minimum absolute atomic E-state index is 0.139. The molecule has 15 heavy (non-hydrogen) atoms. The summed E-state index contributed by atoms with van der Waals surface area (Å²) in [6.07, 6.45) is 11.6. The molecular weight excluding hydrogens is 188 g/mol. The SMILES string of the molecule is C#CCCCNC(=O)CCCCCCN. The molecule has 0 atom stereocenters. The van der Waals surface area contributed by atoms with Crippen molar-refractivity contribution in [2.75, 3.05) is 13.1 Å². The average Bonchev–Trinajstić information content (AvgIpc) is 2.24. The maximum atomic E-state index is 11.3. The van der Waals surface area contributed by atoms with E-state index in [2.05, 4.69) is 11.2 Å². The Morgan fingerprint density at radius 2 is 1.93 bits per heavy atom. The van der Waals surface area contributed by atoms with Crippen LogP contribution in [0.4, 0.5) is 0 Å². The van der Waals surface area contributed by atoms with Gasteiger partial charge in [-0.2, -0.15) is 0 Å². The number of nitrogens with two attached hydrogens (primary N) is 1. The number of hydrogen-bond acceptors (Lipinski definition) is 2. The summed E-state index contributed by atoms with van der Waals surface area (Å²) in [5.74, 6) is 2.68. The molecule has 0 aliphatic heterocycles. The van der Waals surface area contributed by atoms with Gasteiger partial charge >= 0.3 is 0 Å². The third-order valence-corrected chi connectivity index (χ3v) is 2.18. The molecule has 3 N–H and O–H groups in total. The molecule has 0 aliphatic carbocycles. The van der Waals surface area contributed by atoms with Gasteiger partial charge in [-0.1, -0.05) is 12.8 Å². The van der Waals surface area contributed by atoms with Crippen LogP contribution in [0.2, 0.25) is 0 Å². The molecule has 86 valence electrons. The summed E-state index contributed by atoms with van der Waals surface area (Å²) in [7, 11) is 0. The molecule has 3 nitrogen and oxygen atoms in total. The van der Waals surface area contributed by atoms with Gasteiger partial charge in [-0.15, -0.1) is 12.3 Å². The van der Waals surface area contributed by atoms with E-state index >= 15 is 0 Å². The van der Waals surface area contributed by atoms with E-state index in [0.717, 1.165) is 45.1 Å². The Hall–Kier alpha value is -1.01. The number of nitrogens with one attached hydrogen (secondary N) is 1. The van der Waals surface area contributed by atoms with Crippen molar-refractivity contribution in [1.29, 1.82) is 0 Å². The Morgan fingerprint density at radius 1 is 1.20 bits per heavy atom. The average molecular weight is 210 g/mol. The Labute approximate surface area is 92.8 Å². The Balaban J connectivity index is 3.16. The lowest BCUT2D eigenvalue weighted by Gasteiger charge is -2.03. The Kier molecular flexibility index (Phi) is 10.3. The molecule has 0 unspecified atom stereocenters. The predicted octanol–water partition coefficient (Wildman–Crippen LogP) is 1.43. The van der Waals surface area contributed by atoms with E-state index in [-0.39, 0.29) is 5.91 Å². The minimum Gasteiger partial charge on any atom is -0.356 e. The van der Waals surface area contributed by atoms with Gasteiger partial charge in [0.05, 0.1) is 0 Å². The molecule has 0 saturated carbocycles. The van der Waals surface area contributed by atoms with Crippen molar-refractivity contribution in [1.82, 2.24) is 5.32 Å². The molecule has 0 aromatic heterocycles. The predicted molar refractivity (Wildman–Crippen MR) is 63.2 cm³/mol. The summed E-state index contributed by atoms with van der Waals surface area (Å²) in [5, 5.41) is 2.85. The van der Waals surface area contributed by atoms with Crippen LogP contribution in [-0.4, -0.2) is 19.0 Å². The highest BCUT2D eigenvalue weighted by Gasteiger charge is 1.99. The van der Waals surface area contributed by atoms with Crippen molar-refractivity contribution in [3.05, 3.63) is 0 Å². The van der Waals surface area contributed by atoms with Gasteiger partial charge in [0.2, 0.25) is 5.91 Å². The molecule has 3 heteroatoms. The highest BCUT2D eigenvalue weighted by molar-refractivity contribution is 5.75. The maximum absolute atomic E-state index is 11.3. The molecule has 0 aromatic rings. The number of terminal acetylenes is 1. The lowest BCUT2D eigenvalue weighted by atomic mass is 10.1. The molecule has 0 bridgehead atoms. The van der Waals surface area contributed by atoms with E-state index in [1.165, 1.54) is 0 Å². The first-order chi connectivity index (χ1) is 7.31. The van der Waals surface area contributed by atoms with Gasteiger partial charge < -0.3 is 11.1 Å². The summed E-state index contributed by atoms with van der Waals surface area (Å²) in [4.78, 5) is 11.3. The molecule has 1 amide bonds. The van der Waals surface area contributed by atoms with Crippen molar-refractivity contribution >= 4 is 5.91 Å². The van der Waals surface area contributed by atoms with E-state index in [0.29, 0.717) is 13.0 Å². The standard InChI is InChI=1S/C12H22N2O/c1-2-3-8-11-14-12(15)9-6-4-5-7-10-13/h1H,3-11,13H2,(H,14,15). The van der Waals surface area contributed by atoms with Crippen LogP contribution in [0.25, 0.3) is 0 Å². The van der Waals surface area contributed by atoms with Crippen molar-refractivity contribution in [3.8, 4) is 12.3 Å². The van der Waals surface area contributed by atoms with E-state index in [1.807, 2.05) is 0 Å². The molecule has 0 radical (unpaired) electrons. The van der Waals surface area contributed by atoms with Crippen molar-refractivity contribution in [2.24, 2.45) is 5.73 Å². The molecule has 0 rings (SSSR count). The van der Waals surface area contributed by atoms with Crippen LogP contribution in [0.1, 0.15) is 44.9 Å². The molecule has 0 fully saturated rings. The van der Waals surface area contributed by atoms with Crippen molar-refractivity contribution in [2.45, 2.75) is 44.9 Å². The van der Waals surface area contributed by atoms with Crippen LogP contribution in [0.15, 0.2) is 0 Å². The summed E-state index contributed by atoms with van der Waals surface area (Å²) >= 11 is 0. The maximum Gasteiger partial charge on any atom is 0.219 e. The first-order valence-corrected chi connectivity index (χ1v) is 5.71. The summed E-state index contributed by atoms with van der Waals surface area (Å²) < 4.78 is 0. The number of carbonyl (C=O) groups excluding carboxylic acids is 1. The van der Waals surface area contributed by atoms with Crippen LogP contribution >= 0.6 is 0 Å². The fourth-order valence-electron chi connectivity index (χ4n) is 1.29. The zero-order chi connectivity index (χ0) is 11.4. The topological polar surface area (TPSA) is 55.1 Å². The van der Waals surface area contributed by atoms with E-state index in [1.54, 1.807) is 0 Å². The van der Waals surface area contributed by atoms with E-state index < -0.39 is 0 Å². The van der Waals surface area contributed by atoms with Gasteiger partial charge in [0.15, 0.2) is 0 Å².